The molecule has 0 saturated carbocycles. The summed E-state index contributed by atoms with van der Waals surface area (Å²) in [7, 11) is 0. The molecule has 0 atom stereocenters. The third kappa shape index (κ3) is 3.22. The van der Waals surface area contributed by atoms with E-state index in [4.69, 9.17) is 22.1 Å². The smallest absolute Gasteiger partial charge is 0.310 e. The van der Waals surface area contributed by atoms with Gasteiger partial charge >= 0.3 is 5.69 Å². The molecule has 1 aromatic rings. The highest BCUT2D eigenvalue weighted by Crippen LogP contribution is 2.27. The Morgan fingerprint density at radius 3 is 2.88 bits per heavy atom. The predicted octanol–water partition coefficient (Wildman–Crippen LogP) is 2.18. The van der Waals surface area contributed by atoms with Crippen molar-refractivity contribution in [1.29, 1.82) is 0 Å². The van der Waals surface area contributed by atoms with Crippen LogP contribution in [-0.4, -0.2) is 11.5 Å². The average molecular weight is 243 g/mol. The summed E-state index contributed by atoms with van der Waals surface area (Å²) < 4.78 is 5.21. The number of hydrogen-bond acceptors (Lipinski definition) is 4. The zero-order valence-corrected chi connectivity index (χ0v) is 9.18. The van der Waals surface area contributed by atoms with Crippen molar-refractivity contribution in [3.63, 3.8) is 0 Å². The summed E-state index contributed by atoms with van der Waals surface area (Å²) in [5, 5.41) is 10.7. The first-order valence-corrected chi connectivity index (χ1v) is 4.98. The summed E-state index contributed by atoms with van der Waals surface area (Å²) in [4.78, 5) is 10.2. The van der Waals surface area contributed by atoms with Crippen LogP contribution in [-0.2, 0) is 6.54 Å². The van der Waals surface area contributed by atoms with Gasteiger partial charge in [-0.25, -0.2) is 0 Å². The molecule has 6 heteroatoms. The molecule has 1 rings (SSSR count). The van der Waals surface area contributed by atoms with Crippen LogP contribution in [0, 0.1) is 10.1 Å². The van der Waals surface area contributed by atoms with Crippen molar-refractivity contribution in [2.75, 3.05) is 6.61 Å². The summed E-state index contributed by atoms with van der Waals surface area (Å²) in [6.45, 7) is 0.484. The van der Waals surface area contributed by atoms with Crippen LogP contribution in [0.1, 0.15) is 5.56 Å². The van der Waals surface area contributed by atoms with E-state index >= 15 is 0 Å². The van der Waals surface area contributed by atoms with Crippen molar-refractivity contribution >= 4 is 17.3 Å². The fourth-order valence-corrected chi connectivity index (χ4v) is 1.20. The Morgan fingerprint density at radius 1 is 1.56 bits per heavy atom. The lowest BCUT2D eigenvalue weighted by molar-refractivity contribution is -0.385. The minimum absolute atomic E-state index is 0.0832. The highest BCUT2D eigenvalue weighted by Gasteiger charge is 2.14. The van der Waals surface area contributed by atoms with E-state index in [-0.39, 0.29) is 18.0 Å². The first kappa shape index (κ1) is 12.5. The maximum Gasteiger partial charge on any atom is 0.310 e. The lowest BCUT2D eigenvalue weighted by Gasteiger charge is -2.05. The third-order valence-electron chi connectivity index (χ3n) is 1.88. The second-order valence-electron chi connectivity index (χ2n) is 2.94. The molecule has 1 aromatic carbocycles. The largest absolute Gasteiger partial charge is 0.483 e. The van der Waals surface area contributed by atoms with Gasteiger partial charge in [-0.1, -0.05) is 17.7 Å². The Labute approximate surface area is 97.6 Å². The van der Waals surface area contributed by atoms with E-state index in [1.54, 1.807) is 18.2 Å². The standard InChI is InChI=1S/C10H11ClN2O3/c11-4-1-5-16-10-6-8(7-12)2-3-9(10)13(14)15/h1-4,6H,5,7,12H2. The van der Waals surface area contributed by atoms with E-state index < -0.39 is 4.92 Å². The molecule has 0 radical (unpaired) electrons. The zero-order valence-electron chi connectivity index (χ0n) is 8.43. The van der Waals surface area contributed by atoms with Gasteiger partial charge in [0.2, 0.25) is 0 Å². The van der Waals surface area contributed by atoms with Gasteiger partial charge in [0, 0.05) is 18.1 Å². The fraction of sp³-hybridized carbons (Fsp3) is 0.200. The van der Waals surface area contributed by atoms with E-state index in [1.165, 1.54) is 11.6 Å². The molecule has 0 aliphatic heterocycles. The van der Waals surface area contributed by atoms with Crippen molar-refractivity contribution in [3.05, 3.63) is 45.5 Å². The first-order valence-electron chi connectivity index (χ1n) is 4.54. The van der Waals surface area contributed by atoms with Crippen molar-refractivity contribution in [1.82, 2.24) is 0 Å². The topological polar surface area (TPSA) is 78.4 Å². The van der Waals surface area contributed by atoms with E-state index in [1.807, 2.05) is 0 Å². The van der Waals surface area contributed by atoms with Gasteiger partial charge in [-0.15, -0.1) is 0 Å². The van der Waals surface area contributed by atoms with E-state index in [9.17, 15) is 10.1 Å². The first-order chi connectivity index (χ1) is 7.69. The average Bonchev–Trinajstić information content (AvgIpc) is 2.29. The number of ether oxygens (including phenoxy) is 1. The molecule has 0 unspecified atom stereocenters. The highest BCUT2D eigenvalue weighted by atomic mass is 35.5. The van der Waals surface area contributed by atoms with Crippen molar-refractivity contribution < 1.29 is 9.66 Å². The molecular formula is C10H11ClN2O3. The fourth-order valence-electron chi connectivity index (χ4n) is 1.13. The Bertz CT molecular complexity index is 407. The van der Waals surface area contributed by atoms with Crippen LogP contribution in [0.2, 0.25) is 0 Å². The molecule has 0 saturated heterocycles. The van der Waals surface area contributed by atoms with Gasteiger partial charge < -0.3 is 10.5 Å². The van der Waals surface area contributed by atoms with Crippen molar-refractivity contribution in [2.45, 2.75) is 6.54 Å². The minimum Gasteiger partial charge on any atom is -0.483 e. The second kappa shape index (κ2) is 6.09. The summed E-state index contributed by atoms with van der Waals surface area (Å²) in [5.74, 6) is 0.197. The number of nitro groups is 1. The van der Waals surface area contributed by atoms with Crippen LogP contribution >= 0.6 is 11.6 Å². The van der Waals surface area contributed by atoms with Gasteiger partial charge in [0.1, 0.15) is 6.61 Å². The van der Waals surface area contributed by atoms with Crippen LogP contribution in [0.25, 0.3) is 0 Å². The SMILES string of the molecule is NCc1ccc([N+](=O)[O-])c(OCC=CCl)c1. The molecule has 0 aliphatic carbocycles. The normalized spacial score (nSPS) is 10.6. The van der Waals surface area contributed by atoms with E-state index in [0.29, 0.717) is 6.54 Å². The number of hydrogen-bond donors (Lipinski definition) is 1. The van der Waals surface area contributed by atoms with Gasteiger partial charge in [0.05, 0.1) is 4.92 Å². The second-order valence-corrected chi connectivity index (χ2v) is 3.19. The maximum absolute atomic E-state index is 10.7. The number of benzene rings is 1. The Kier molecular flexibility index (Phi) is 4.75. The van der Waals surface area contributed by atoms with Gasteiger partial charge in [0.25, 0.3) is 0 Å². The highest BCUT2D eigenvalue weighted by molar-refractivity contribution is 6.25. The Morgan fingerprint density at radius 2 is 2.31 bits per heavy atom. The van der Waals surface area contributed by atoms with Crippen LogP contribution < -0.4 is 10.5 Å². The van der Waals surface area contributed by atoms with E-state index in [2.05, 4.69) is 0 Å². The summed E-state index contributed by atoms with van der Waals surface area (Å²) in [6, 6.07) is 4.53. The molecule has 5 nitrogen and oxygen atoms in total. The molecule has 0 heterocycles. The molecule has 0 bridgehead atoms. The monoisotopic (exact) mass is 242 g/mol. The number of nitrogens with two attached hydrogens (primary N) is 1. The van der Waals surface area contributed by atoms with Crippen LogP contribution in [0.4, 0.5) is 5.69 Å². The van der Waals surface area contributed by atoms with Gasteiger partial charge in [-0.3, -0.25) is 10.1 Å². The molecule has 0 amide bonds. The quantitative estimate of drug-likeness (QED) is 0.634. The molecule has 0 aromatic heterocycles. The van der Waals surface area contributed by atoms with E-state index in [0.717, 1.165) is 5.56 Å². The van der Waals surface area contributed by atoms with Crippen molar-refractivity contribution in [3.8, 4) is 5.75 Å². The maximum atomic E-state index is 10.7. The molecule has 0 fully saturated rings. The zero-order chi connectivity index (χ0) is 12.0. The molecule has 86 valence electrons. The van der Waals surface area contributed by atoms with Crippen molar-refractivity contribution in [2.24, 2.45) is 5.73 Å². The summed E-state index contributed by atoms with van der Waals surface area (Å²) >= 11 is 5.31. The lowest BCUT2D eigenvalue weighted by Crippen LogP contribution is -2.01. The Hall–Kier alpha value is -1.59. The number of rotatable bonds is 5. The predicted molar refractivity (Wildman–Crippen MR) is 61.5 cm³/mol. The summed E-state index contributed by atoms with van der Waals surface area (Å²) in [5.41, 5.74) is 7.42. The summed E-state index contributed by atoms with van der Waals surface area (Å²) in [6.07, 6.45) is 1.54. The number of nitro benzene ring substituents is 1. The van der Waals surface area contributed by atoms with Crippen LogP contribution in [0.5, 0.6) is 5.75 Å². The Balaban J connectivity index is 2.95. The molecule has 0 spiro atoms. The van der Waals surface area contributed by atoms with Crippen LogP contribution in [0.15, 0.2) is 29.8 Å². The van der Waals surface area contributed by atoms with Gasteiger partial charge in [-0.05, 0) is 17.7 Å². The number of halogens is 1. The third-order valence-corrected chi connectivity index (χ3v) is 2.06. The van der Waals surface area contributed by atoms with Gasteiger partial charge in [0.15, 0.2) is 5.75 Å². The molecule has 2 N–H and O–H groups in total. The molecule has 16 heavy (non-hydrogen) atoms. The number of nitrogens with zero attached hydrogens (tertiary/aromatic N) is 1. The molecule has 0 aliphatic rings. The lowest BCUT2D eigenvalue weighted by atomic mass is 10.2. The van der Waals surface area contributed by atoms with Gasteiger partial charge in [-0.2, -0.15) is 0 Å². The molecular weight excluding hydrogens is 232 g/mol. The minimum atomic E-state index is -0.500. The van der Waals surface area contributed by atoms with Crippen LogP contribution in [0.3, 0.4) is 0 Å².